The Morgan fingerprint density at radius 3 is 3.00 bits per heavy atom. The predicted molar refractivity (Wildman–Crippen MR) is 59.2 cm³/mol. The minimum atomic E-state index is -1.00. The Kier molecular flexibility index (Phi) is 2.62. The standard InChI is InChI=1S/C11H13N3O2/c1-7-9(6-8(12)11(15)16)13-10-4-2-3-5-14(7)10/h2-5,8H,6,12H2,1H3,(H,15,16). The van der Waals surface area contributed by atoms with Crippen LogP contribution in [-0.4, -0.2) is 26.5 Å². The number of nitrogens with zero attached hydrogens (tertiary/aromatic N) is 2. The first-order chi connectivity index (χ1) is 7.59. The number of rotatable bonds is 3. The molecule has 2 aromatic heterocycles. The number of aromatic nitrogens is 2. The topological polar surface area (TPSA) is 80.6 Å². The van der Waals surface area contributed by atoms with E-state index in [1.54, 1.807) is 0 Å². The van der Waals surface area contributed by atoms with Gasteiger partial charge in [0.05, 0.1) is 5.69 Å². The fourth-order valence-corrected chi connectivity index (χ4v) is 1.66. The van der Waals surface area contributed by atoms with E-state index in [1.807, 2.05) is 35.7 Å². The largest absolute Gasteiger partial charge is 0.480 e. The van der Waals surface area contributed by atoms with Crippen LogP contribution in [0.3, 0.4) is 0 Å². The maximum atomic E-state index is 10.7. The quantitative estimate of drug-likeness (QED) is 0.792. The summed E-state index contributed by atoms with van der Waals surface area (Å²) in [6.45, 7) is 1.91. The molecule has 0 aliphatic carbocycles. The van der Waals surface area contributed by atoms with Crippen LogP contribution in [0.25, 0.3) is 5.65 Å². The second kappa shape index (κ2) is 3.94. The average molecular weight is 219 g/mol. The SMILES string of the molecule is Cc1c(CC(N)C(=O)O)nc2ccccn12. The lowest BCUT2D eigenvalue weighted by Crippen LogP contribution is -2.32. The van der Waals surface area contributed by atoms with Gasteiger partial charge < -0.3 is 15.2 Å². The number of aliphatic carboxylic acids is 1. The molecule has 2 heterocycles. The number of carboxylic acid groups (broad SMARTS) is 1. The predicted octanol–water partition coefficient (Wildman–Crippen LogP) is 0.597. The summed E-state index contributed by atoms with van der Waals surface area (Å²) in [7, 11) is 0. The summed E-state index contributed by atoms with van der Waals surface area (Å²) in [5, 5.41) is 8.75. The Morgan fingerprint density at radius 2 is 2.38 bits per heavy atom. The van der Waals surface area contributed by atoms with Gasteiger partial charge in [0.2, 0.25) is 0 Å². The number of carbonyl (C=O) groups is 1. The van der Waals surface area contributed by atoms with E-state index >= 15 is 0 Å². The third-order valence-electron chi connectivity index (χ3n) is 2.60. The summed E-state index contributed by atoms with van der Waals surface area (Å²) in [4.78, 5) is 15.0. The van der Waals surface area contributed by atoms with Crippen LogP contribution in [0, 0.1) is 6.92 Å². The lowest BCUT2D eigenvalue weighted by molar-refractivity contribution is -0.138. The average Bonchev–Trinajstić information content (AvgIpc) is 2.56. The van der Waals surface area contributed by atoms with Gasteiger partial charge in [-0.25, -0.2) is 4.98 Å². The molecule has 5 nitrogen and oxygen atoms in total. The normalized spacial score (nSPS) is 12.9. The van der Waals surface area contributed by atoms with Crippen LogP contribution in [0.15, 0.2) is 24.4 Å². The monoisotopic (exact) mass is 219 g/mol. The van der Waals surface area contributed by atoms with Crippen molar-refractivity contribution >= 4 is 11.6 Å². The molecule has 0 spiro atoms. The van der Waals surface area contributed by atoms with Gasteiger partial charge in [-0.1, -0.05) is 6.07 Å². The molecule has 2 aromatic rings. The molecule has 0 aliphatic heterocycles. The molecule has 0 saturated carbocycles. The number of carboxylic acids is 1. The van der Waals surface area contributed by atoms with Crippen LogP contribution in [0.1, 0.15) is 11.4 Å². The van der Waals surface area contributed by atoms with E-state index in [9.17, 15) is 4.79 Å². The molecule has 16 heavy (non-hydrogen) atoms. The molecular formula is C11H13N3O2. The maximum absolute atomic E-state index is 10.7. The molecule has 0 amide bonds. The smallest absolute Gasteiger partial charge is 0.320 e. The van der Waals surface area contributed by atoms with Gasteiger partial charge in [0.25, 0.3) is 0 Å². The number of imidazole rings is 1. The van der Waals surface area contributed by atoms with Crippen LogP contribution >= 0.6 is 0 Å². The molecule has 2 rings (SSSR count). The summed E-state index contributed by atoms with van der Waals surface area (Å²) < 4.78 is 1.92. The first kappa shape index (κ1) is 10.6. The zero-order valence-electron chi connectivity index (χ0n) is 8.92. The molecule has 1 atom stereocenters. The molecule has 0 radical (unpaired) electrons. The van der Waals surface area contributed by atoms with E-state index in [2.05, 4.69) is 4.98 Å². The number of aryl methyl sites for hydroxylation is 1. The lowest BCUT2D eigenvalue weighted by atomic mass is 10.1. The highest BCUT2D eigenvalue weighted by Gasteiger charge is 2.16. The summed E-state index contributed by atoms with van der Waals surface area (Å²) in [5.41, 5.74) is 7.98. The Hall–Kier alpha value is -1.88. The van der Waals surface area contributed by atoms with E-state index in [1.165, 1.54) is 0 Å². The zero-order valence-corrected chi connectivity index (χ0v) is 8.92. The van der Waals surface area contributed by atoms with Gasteiger partial charge in [-0.05, 0) is 19.1 Å². The van der Waals surface area contributed by atoms with Gasteiger partial charge in [0, 0.05) is 18.3 Å². The molecular weight excluding hydrogens is 206 g/mol. The third kappa shape index (κ3) is 1.77. The number of pyridine rings is 1. The highest BCUT2D eigenvalue weighted by molar-refractivity contribution is 5.73. The minimum absolute atomic E-state index is 0.253. The molecule has 0 aliphatic rings. The fourth-order valence-electron chi connectivity index (χ4n) is 1.66. The fraction of sp³-hybridized carbons (Fsp3) is 0.273. The van der Waals surface area contributed by atoms with Crippen molar-refractivity contribution < 1.29 is 9.90 Å². The summed E-state index contributed by atoms with van der Waals surface area (Å²) in [6.07, 6.45) is 2.15. The summed E-state index contributed by atoms with van der Waals surface area (Å²) in [6, 6.07) is 4.78. The van der Waals surface area contributed by atoms with Crippen molar-refractivity contribution in [3.05, 3.63) is 35.8 Å². The van der Waals surface area contributed by atoms with E-state index < -0.39 is 12.0 Å². The summed E-state index contributed by atoms with van der Waals surface area (Å²) >= 11 is 0. The minimum Gasteiger partial charge on any atom is -0.480 e. The number of hydrogen-bond donors (Lipinski definition) is 2. The summed E-state index contributed by atoms with van der Waals surface area (Å²) in [5.74, 6) is -1.00. The third-order valence-corrected chi connectivity index (χ3v) is 2.60. The maximum Gasteiger partial charge on any atom is 0.320 e. The highest BCUT2D eigenvalue weighted by Crippen LogP contribution is 2.12. The van der Waals surface area contributed by atoms with Crippen molar-refractivity contribution in [2.45, 2.75) is 19.4 Å². The highest BCUT2D eigenvalue weighted by atomic mass is 16.4. The van der Waals surface area contributed by atoms with Crippen LogP contribution in [-0.2, 0) is 11.2 Å². The molecule has 84 valence electrons. The van der Waals surface area contributed by atoms with Gasteiger partial charge >= 0.3 is 5.97 Å². The molecule has 5 heteroatoms. The first-order valence-electron chi connectivity index (χ1n) is 5.00. The first-order valence-corrected chi connectivity index (χ1v) is 5.00. The molecule has 0 saturated heterocycles. The van der Waals surface area contributed by atoms with E-state index in [-0.39, 0.29) is 6.42 Å². The Morgan fingerprint density at radius 1 is 1.62 bits per heavy atom. The van der Waals surface area contributed by atoms with Crippen molar-refractivity contribution in [3.8, 4) is 0 Å². The van der Waals surface area contributed by atoms with Crippen molar-refractivity contribution in [1.29, 1.82) is 0 Å². The van der Waals surface area contributed by atoms with Crippen molar-refractivity contribution in [1.82, 2.24) is 9.38 Å². The van der Waals surface area contributed by atoms with Gasteiger partial charge in [-0.15, -0.1) is 0 Å². The molecule has 0 bridgehead atoms. The van der Waals surface area contributed by atoms with E-state index in [0.29, 0.717) is 0 Å². The van der Waals surface area contributed by atoms with Crippen molar-refractivity contribution in [2.24, 2.45) is 5.73 Å². The molecule has 0 aromatic carbocycles. The Balaban J connectivity index is 2.38. The van der Waals surface area contributed by atoms with Gasteiger partial charge in [-0.3, -0.25) is 4.79 Å². The molecule has 0 fully saturated rings. The number of nitrogens with two attached hydrogens (primary N) is 1. The van der Waals surface area contributed by atoms with Gasteiger partial charge in [0.1, 0.15) is 11.7 Å². The lowest BCUT2D eigenvalue weighted by Gasteiger charge is -2.04. The van der Waals surface area contributed by atoms with Gasteiger partial charge in [-0.2, -0.15) is 0 Å². The second-order valence-corrected chi connectivity index (χ2v) is 3.72. The van der Waals surface area contributed by atoms with Gasteiger partial charge in [0.15, 0.2) is 0 Å². The zero-order chi connectivity index (χ0) is 11.7. The number of hydrogen-bond acceptors (Lipinski definition) is 3. The Labute approximate surface area is 92.5 Å². The number of fused-ring (bicyclic) bond motifs is 1. The van der Waals surface area contributed by atoms with Crippen LogP contribution in [0.2, 0.25) is 0 Å². The molecule has 3 N–H and O–H groups in total. The van der Waals surface area contributed by atoms with Crippen molar-refractivity contribution in [2.75, 3.05) is 0 Å². The Bertz CT molecular complexity index is 533. The van der Waals surface area contributed by atoms with E-state index in [4.69, 9.17) is 10.8 Å². The van der Waals surface area contributed by atoms with Crippen LogP contribution < -0.4 is 5.73 Å². The second-order valence-electron chi connectivity index (χ2n) is 3.72. The van der Waals surface area contributed by atoms with E-state index in [0.717, 1.165) is 17.0 Å². The van der Waals surface area contributed by atoms with Crippen LogP contribution in [0.4, 0.5) is 0 Å². The van der Waals surface area contributed by atoms with Crippen LogP contribution in [0.5, 0.6) is 0 Å². The van der Waals surface area contributed by atoms with Crippen molar-refractivity contribution in [3.63, 3.8) is 0 Å². The molecule has 1 unspecified atom stereocenters.